The Bertz CT molecular complexity index is 1300. The fraction of sp³-hybridized carbons (Fsp3) is 0.375. The van der Waals surface area contributed by atoms with E-state index in [-0.39, 0.29) is 18.4 Å². The van der Waals surface area contributed by atoms with Crippen molar-refractivity contribution in [3.05, 3.63) is 53.4 Å². The van der Waals surface area contributed by atoms with Crippen molar-refractivity contribution < 1.29 is 19.5 Å². The maximum atomic E-state index is 13.0. The molecule has 0 spiro atoms. The Morgan fingerprint density at radius 1 is 1.20 bits per heavy atom. The molecule has 2 aromatic heterocycles. The first-order valence-electron chi connectivity index (χ1n) is 11.2. The Morgan fingerprint density at radius 2 is 1.91 bits per heavy atom. The number of nitrogens with one attached hydrogen (secondary N) is 1. The van der Waals surface area contributed by atoms with Gasteiger partial charge in [-0.1, -0.05) is 12.2 Å². The fourth-order valence-corrected chi connectivity index (χ4v) is 3.70. The highest BCUT2D eigenvalue weighted by Crippen LogP contribution is 2.22. The number of aryl methyl sites for hydroxylation is 2. The number of nitrogens with two attached hydrogens (primary N) is 1. The maximum absolute atomic E-state index is 13.0. The minimum atomic E-state index is -1.01. The summed E-state index contributed by atoms with van der Waals surface area (Å²) in [5, 5.41) is 16.6. The van der Waals surface area contributed by atoms with E-state index in [2.05, 4.69) is 15.4 Å². The van der Waals surface area contributed by atoms with Crippen molar-refractivity contribution in [1.82, 2.24) is 24.2 Å². The predicted octanol–water partition coefficient (Wildman–Crippen LogP) is 3.25. The highest BCUT2D eigenvalue weighted by atomic mass is 16.4. The summed E-state index contributed by atoms with van der Waals surface area (Å²) in [6.07, 6.45) is 2.55. The Balaban J connectivity index is 1.94. The number of fused-ring (bicyclic) bond motifs is 1. The standard InChI is InChI=1S/C24H31N7O4/c1-6-31-19(13-15(2)28-31)21(33)27-22-26-17-14-16(20(25)32)9-10-18(17)29(22)11-7-8-12-30(23(34)35)24(3,4)5/h7-10,13-14H,6,11-12H2,1-5H3,(H2,25,32)(H,34,35)(H,26,27,33). The topological polar surface area (TPSA) is 148 Å². The van der Waals surface area contributed by atoms with Crippen LogP contribution in [0, 0.1) is 6.92 Å². The summed E-state index contributed by atoms with van der Waals surface area (Å²) in [6, 6.07) is 6.58. The summed E-state index contributed by atoms with van der Waals surface area (Å²) in [4.78, 5) is 42.1. The molecule has 3 amide bonds. The summed E-state index contributed by atoms with van der Waals surface area (Å²) in [7, 11) is 0. The molecule has 0 unspecified atom stereocenters. The first kappa shape index (κ1) is 25.5. The van der Waals surface area contributed by atoms with Crippen LogP contribution >= 0.6 is 0 Å². The van der Waals surface area contributed by atoms with Crippen molar-refractivity contribution in [2.45, 2.75) is 53.2 Å². The van der Waals surface area contributed by atoms with E-state index in [0.717, 1.165) is 5.69 Å². The van der Waals surface area contributed by atoms with Gasteiger partial charge in [-0.05, 0) is 58.9 Å². The number of primary amides is 1. The first-order chi connectivity index (χ1) is 16.4. The van der Waals surface area contributed by atoms with Crippen LogP contribution in [-0.4, -0.2) is 59.3 Å². The number of allylic oxidation sites excluding steroid dienone is 1. The number of amides is 3. The van der Waals surface area contributed by atoms with Gasteiger partial charge < -0.3 is 15.4 Å². The first-order valence-corrected chi connectivity index (χ1v) is 11.2. The third-order valence-electron chi connectivity index (χ3n) is 5.48. The average molecular weight is 482 g/mol. The van der Waals surface area contributed by atoms with Crippen molar-refractivity contribution in [2.75, 3.05) is 11.9 Å². The highest BCUT2D eigenvalue weighted by molar-refractivity contribution is 6.03. The van der Waals surface area contributed by atoms with E-state index in [1.807, 2.05) is 34.6 Å². The number of carboxylic acid groups (broad SMARTS) is 1. The molecule has 0 saturated heterocycles. The summed E-state index contributed by atoms with van der Waals surface area (Å²) in [5.74, 6) is -0.665. The van der Waals surface area contributed by atoms with Crippen molar-refractivity contribution >= 4 is 34.9 Å². The summed E-state index contributed by atoms with van der Waals surface area (Å²) >= 11 is 0. The molecule has 0 saturated carbocycles. The number of benzene rings is 1. The molecular weight excluding hydrogens is 450 g/mol. The third kappa shape index (κ3) is 5.68. The summed E-state index contributed by atoms with van der Waals surface area (Å²) < 4.78 is 3.38. The van der Waals surface area contributed by atoms with E-state index < -0.39 is 17.5 Å². The van der Waals surface area contributed by atoms with Crippen LogP contribution < -0.4 is 11.1 Å². The van der Waals surface area contributed by atoms with E-state index in [4.69, 9.17) is 5.73 Å². The van der Waals surface area contributed by atoms with Crippen LogP contribution in [0.1, 0.15) is 54.2 Å². The predicted molar refractivity (Wildman–Crippen MR) is 132 cm³/mol. The fourth-order valence-electron chi connectivity index (χ4n) is 3.70. The molecule has 11 heteroatoms. The van der Waals surface area contributed by atoms with Crippen LogP contribution in [0.3, 0.4) is 0 Å². The largest absolute Gasteiger partial charge is 0.465 e. The second kappa shape index (κ2) is 10.00. The Morgan fingerprint density at radius 3 is 2.51 bits per heavy atom. The molecule has 11 nitrogen and oxygen atoms in total. The molecule has 4 N–H and O–H groups in total. The van der Waals surface area contributed by atoms with Gasteiger partial charge in [0, 0.05) is 30.7 Å². The van der Waals surface area contributed by atoms with Gasteiger partial charge >= 0.3 is 6.09 Å². The number of imidazole rings is 1. The monoisotopic (exact) mass is 481 g/mol. The van der Waals surface area contributed by atoms with Crippen LogP contribution in [0.5, 0.6) is 0 Å². The summed E-state index contributed by atoms with van der Waals surface area (Å²) in [6.45, 7) is 10.2. The number of nitrogens with zero attached hydrogens (tertiary/aromatic N) is 5. The molecule has 0 aliphatic heterocycles. The molecule has 0 radical (unpaired) electrons. The van der Waals surface area contributed by atoms with Gasteiger partial charge in [0.1, 0.15) is 5.69 Å². The number of carbonyl (C=O) groups excluding carboxylic acids is 2. The number of aromatic nitrogens is 4. The van der Waals surface area contributed by atoms with Gasteiger partial charge in [0.25, 0.3) is 5.91 Å². The lowest BCUT2D eigenvalue weighted by molar-refractivity contribution is 0.0995. The second-order valence-corrected chi connectivity index (χ2v) is 9.09. The molecule has 2 heterocycles. The van der Waals surface area contributed by atoms with Gasteiger partial charge in [0.05, 0.1) is 16.7 Å². The van der Waals surface area contributed by atoms with E-state index in [1.54, 1.807) is 45.7 Å². The zero-order valence-electron chi connectivity index (χ0n) is 20.6. The molecule has 0 atom stereocenters. The Labute approximate surface area is 203 Å². The average Bonchev–Trinajstić information content (AvgIpc) is 3.31. The maximum Gasteiger partial charge on any atom is 0.408 e. The molecule has 0 aliphatic rings. The van der Waals surface area contributed by atoms with E-state index in [1.165, 1.54) is 4.90 Å². The van der Waals surface area contributed by atoms with Gasteiger partial charge in [-0.2, -0.15) is 5.10 Å². The van der Waals surface area contributed by atoms with Gasteiger partial charge in [-0.3, -0.25) is 24.5 Å². The molecule has 0 bridgehead atoms. The lowest BCUT2D eigenvalue weighted by Crippen LogP contribution is -2.44. The molecule has 3 rings (SSSR count). The summed E-state index contributed by atoms with van der Waals surface area (Å²) in [5.41, 5.74) is 7.46. The van der Waals surface area contributed by atoms with Crippen LogP contribution in [0.4, 0.5) is 10.7 Å². The quantitative estimate of drug-likeness (QED) is 0.421. The molecule has 3 aromatic rings. The van der Waals surface area contributed by atoms with E-state index in [9.17, 15) is 19.5 Å². The van der Waals surface area contributed by atoms with Crippen molar-refractivity contribution in [2.24, 2.45) is 5.73 Å². The number of rotatable bonds is 8. The van der Waals surface area contributed by atoms with Crippen LogP contribution in [-0.2, 0) is 13.1 Å². The number of anilines is 1. The molecule has 0 fully saturated rings. The van der Waals surface area contributed by atoms with E-state index >= 15 is 0 Å². The van der Waals surface area contributed by atoms with Crippen LogP contribution in [0.2, 0.25) is 0 Å². The number of hydrogen-bond donors (Lipinski definition) is 3. The lowest BCUT2D eigenvalue weighted by Gasteiger charge is -2.32. The lowest BCUT2D eigenvalue weighted by atomic mass is 10.1. The SMILES string of the molecule is CCn1nc(C)cc1C(=O)Nc1nc2cc(C(N)=O)ccc2n1CC=CCN(C(=O)O)C(C)(C)C. The smallest absolute Gasteiger partial charge is 0.408 e. The van der Waals surface area contributed by atoms with Crippen LogP contribution in [0.25, 0.3) is 11.0 Å². The number of carbonyl (C=O) groups is 3. The highest BCUT2D eigenvalue weighted by Gasteiger charge is 2.24. The third-order valence-corrected chi connectivity index (χ3v) is 5.48. The zero-order valence-corrected chi connectivity index (χ0v) is 20.6. The van der Waals surface area contributed by atoms with Crippen LogP contribution in [0.15, 0.2) is 36.4 Å². The molecule has 186 valence electrons. The minimum Gasteiger partial charge on any atom is -0.465 e. The molecule has 35 heavy (non-hydrogen) atoms. The normalized spacial score (nSPS) is 11.8. The van der Waals surface area contributed by atoms with E-state index in [0.29, 0.717) is 35.4 Å². The van der Waals surface area contributed by atoms with Crippen molar-refractivity contribution in [3.8, 4) is 0 Å². The second-order valence-electron chi connectivity index (χ2n) is 9.09. The van der Waals surface area contributed by atoms with Gasteiger partial charge in [0.2, 0.25) is 11.9 Å². The minimum absolute atomic E-state index is 0.202. The number of hydrogen-bond acceptors (Lipinski definition) is 5. The Hall–Kier alpha value is -4.15. The van der Waals surface area contributed by atoms with Gasteiger partial charge in [0.15, 0.2) is 0 Å². The van der Waals surface area contributed by atoms with Gasteiger partial charge in [-0.25, -0.2) is 9.78 Å². The van der Waals surface area contributed by atoms with Crippen molar-refractivity contribution in [3.63, 3.8) is 0 Å². The molecule has 1 aromatic carbocycles. The Kier molecular flexibility index (Phi) is 7.28. The molecular formula is C24H31N7O4. The molecule has 0 aliphatic carbocycles. The zero-order chi connectivity index (χ0) is 25.9. The van der Waals surface area contributed by atoms with Crippen molar-refractivity contribution in [1.29, 1.82) is 0 Å². The van der Waals surface area contributed by atoms with Gasteiger partial charge in [-0.15, -0.1) is 0 Å².